The number of carbonyl (C=O) groups is 9. The summed E-state index contributed by atoms with van der Waals surface area (Å²) in [5, 5.41) is 23.0. The number of imide groups is 1. The van der Waals surface area contributed by atoms with E-state index in [1.165, 1.54) is 68.8 Å². The molecule has 3 aromatic rings. The highest BCUT2D eigenvalue weighted by atomic mass is 16.6. The Hall–Kier alpha value is -9.12. The van der Waals surface area contributed by atoms with Gasteiger partial charge in [0.15, 0.2) is 29.2 Å². The summed E-state index contributed by atoms with van der Waals surface area (Å²) in [4.78, 5) is 130. The van der Waals surface area contributed by atoms with Gasteiger partial charge in [0.2, 0.25) is 35.4 Å². The summed E-state index contributed by atoms with van der Waals surface area (Å²) in [5.41, 5.74) is 3.92. The second-order valence-electron chi connectivity index (χ2n) is 29.9. The number of benzene rings is 3. The van der Waals surface area contributed by atoms with E-state index in [1.807, 2.05) is 20.0 Å². The molecule has 1 aliphatic carbocycles. The van der Waals surface area contributed by atoms with Crippen molar-refractivity contribution in [1.82, 2.24) is 30.7 Å². The predicted octanol–water partition coefficient (Wildman–Crippen LogP) is 8.50. The molecule has 6 aliphatic rings. The van der Waals surface area contributed by atoms with Crippen LogP contribution in [0.5, 0.6) is 23.0 Å². The van der Waals surface area contributed by atoms with E-state index in [0.717, 1.165) is 48.2 Å². The Labute approximate surface area is 679 Å². The molecule has 2 unspecified atom stereocenters. The van der Waals surface area contributed by atoms with E-state index in [9.17, 15) is 48.3 Å². The molecule has 32 heteroatoms. The fourth-order valence-corrected chi connectivity index (χ4v) is 14.5. The van der Waals surface area contributed by atoms with Gasteiger partial charge in [-0.3, -0.25) is 48.2 Å². The van der Waals surface area contributed by atoms with Crippen LogP contribution in [0.25, 0.3) is 0 Å². The average Bonchev–Trinajstić information content (AvgIpc) is 1.58. The van der Waals surface area contributed by atoms with Crippen LogP contribution in [0.1, 0.15) is 164 Å². The van der Waals surface area contributed by atoms with Gasteiger partial charge >= 0.3 is 6.09 Å². The first-order chi connectivity index (χ1) is 56.2. The zero-order valence-electron chi connectivity index (χ0n) is 68.3. The standard InChI is InChI=1S/C84H119N9O23/c1-56(2)77(89-75(95)24-29-106-31-33-108-35-37-110-39-41-112-43-44-113-42-40-111-38-36-109-34-32-107-30-25-85-74(94)23-26-90-76(96)49-64(80(90)99)61-17-13-10-8-9-11-14-18-61)79(98)87-59(5)78(97)88-62-21-19-60(20-22-62)55-116-84(103)93-68-51-73(71(105-7)48-66(68)82(101)92-54-58(4)46-69(92)83(93)102)115-28-16-12-15-27-114-72-50-67-65(47-70(72)104-6)81(100)91-53-57(3)45-63(91)52-86-67/h19-22,47-48,50-54,56,59,61,63-64,69,77,83,102H,8-18,23-46,49,55H2,1-7H3,(H,85,94)(H,87,98)(H,88,97)(H,89,95)/t59-,63-,64?,69?,77-,83-/m0/s1. The van der Waals surface area contributed by atoms with Crippen LogP contribution in [0.15, 0.2) is 77.1 Å². The van der Waals surface area contributed by atoms with Crippen molar-refractivity contribution in [3.05, 3.63) is 88.8 Å². The number of anilines is 2. The normalized spacial score (nSPS) is 18.7. The molecule has 2 fully saturated rings. The molecular formula is C84H119N9O23. The monoisotopic (exact) mass is 1620 g/mol. The first-order valence-electron chi connectivity index (χ1n) is 40.8. The van der Waals surface area contributed by atoms with Gasteiger partial charge in [-0.05, 0) is 107 Å². The van der Waals surface area contributed by atoms with Crippen LogP contribution >= 0.6 is 0 Å². The lowest BCUT2D eigenvalue weighted by molar-refractivity contribution is -0.140. The number of amides is 9. The number of hydrogen-bond acceptors (Lipinski definition) is 24. The van der Waals surface area contributed by atoms with E-state index >= 15 is 0 Å². The van der Waals surface area contributed by atoms with E-state index in [2.05, 4.69) is 26.3 Å². The Morgan fingerprint density at radius 3 is 1.68 bits per heavy atom. The Bertz CT molecular complexity index is 3830. The smallest absolute Gasteiger partial charge is 0.416 e. The van der Waals surface area contributed by atoms with Crippen LogP contribution in [-0.4, -0.2) is 256 Å². The molecule has 0 bridgehead atoms. The lowest BCUT2D eigenvalue weighted by atomic mass is 9.83. The maximum Gasteiger partial charge on any atom is 0.416 e. The van der Waals surface area contributed by atoms with Crippen LogP contribution in [0.4, 0.5) is 21.9 Å². The number of carbonyl (C=O) groups excluding carboxylic acids is 9. The minimum Gasteiger partial charge on any atom is -0.493 e. The molecule has 0 aromatic heterocycles. The number of methoxy groups -OCH3 is 2. The van der Waals surface area contributed by atoms with Crippen molar-refractivity contribution >= 4 is 76.6 Å². The number of nitrogens with zero attached hydrogens (tertiary/aromatic N) is 5. The predicted molar refractivity (Wildman–Crippen MR) is 428 cm³/mol. The highest BCUT2D eigenvalue weighted by molar-refractivity contribution is 6.07. The first-order valence-corrected chi connectivity index (χ1v) is 40.8. The molecule has 9 rings (SSSR count). The number of aliphatic imine (C=N–C) groups is 1. The number of ether oxygens (including phenoxy) is 13. The van der Waals surface area contributed by atoms with Gasteiger partial charge in [0.1, 0.15) is 18.7 Å². The summed E-state index contributed by atoms with van der Waals surface area (Å²) >= 11 is 0. The highest BCUT2D eigenvalue weighted by Crippen LogP contribution is 2.43. The molecule has 5 heterocycles. The Balaban J connectivity index is 0.568. The molecular weight excluding hydrogens is 1500 g/mol. The largest absolute Gasteiger partial charge is 0.493 e. The number of unbranched alkanes of at least 4 members (excludes halogenated alkanes) is 2. The number of fused-ring (bicyclic) bond motifs is 4. The summed E-state index contributed by atoms with van der Waals surface area (Å²) < 4.78 is 74.0. The minimum atomic E-state index is -1.53. The molecule has 1 saturated heterocycles. The molecule has 638 valence electrons. The average molecular weight is 1620 g/mol. The summed E-state index contributed by atoms with van der Waals surface area (Å²) in [6, 6.07) is 9.95. The van der Waals surface area contributed by atoms with Crippen molar-refractivity contribution in [2.24, 2.45) is 22.7 Å². The third-order valence-corrected chi connectivity index (χ3v) is 20.8. The summed E-state index contributed by atoms with van der Waals surface area (Å²) in [5.74, 6) is -1.53. The minimum absolute atomic E-state index is 0.0136. The van der Waals surface area contributed by atoms with Crippen molar-refractivity contribution in [3.8, 4) is 23.0 Å². The van der Waals surface area contributed by atoms with Gasteiger partial charge in [0.05, 0.1) is 174 Å². The van der Waals surface area contributed by atoms with E-state index in [-0.39, 0.29) is 129 Å². The summed E-state index contributed by atoms with van der Waals surface area (Å²) in [6.07, 6.45) is 15.2. The second-order valence-corrected chi connectivity index (χ2v) is 29.9. The van der Waals surface area contributed by atoms with Gasteiger partial charge in [-0.15, -0.1) is 0 Å². The van der Waals surface area contributed by atoms with Crippen LogP contribution < -0.4 is 45.1 Å². The maximum atomic E-state index is 14.3. The molecule has 32 nitrogen and oxygen atoms in total. The SMILES string of the molecule is COc1cc2c(cc1OCCCCCOc1cc3c(cc1OC)C(=O)N1C=C(C)CC1[C@H](O)N3C(=O)OCc1ccc(NC(=O)[C@H](C)NC(=O)[C@@H](NC(=O)CCOCCOCCOCCOCCOCCOCCOCCOCCNC(=O)CCN3C(=O)CC(C4CCCCCCCC4)C3=O)C(C)C)cc1)N=C[C@@H]1CC(C)=CN1C2=O. The lowest BCUT2D eigenvalue weighted by Gasteiger charge is -2.31. The van der Waals surface area contributed by atoms with E-state index in [1.54, 1.807) is 67.6 Å². The number of likely N-dealkylation sites (tertiary alicyclic amines) is 1. The van der Waals surface area contributed by atoms with Gasteiger partial charge in [-0.25, -0.2) is 9.69 Å². The molecule has 116 heavy (non-hydrogen) atoms. The number of hydrogen-bond donors (Lipinski definition) is 5. The zero-order chi connectivity index (χ0) is 82.7. The molecule has 9 amide bonds. The van der Waals surface area contributed by atoms with E-state index in [0.29, 0.717) is 159 Å². The molecule has 3 aromatic carbocycles. The zero-order valence-corrected chi connectivity index (χ0v) is 68.3. The third-order valence-electron chi connectivity index (χ3n) is 20.8. The topological polar surface area (TPSA) is 367 Å². The third kappa shape index (κ3) is 27.5. The van der Waals surface area contributed by atoms with Gasteiger partial charge in [0.25, 0.3) is 11.8 Å². The van der Waals surface area contributed by atoms with Crippen molar-refractivity contribution in [2.45, 2.75) is 174 Å². The van der Waals surface area contributed by atoms with Crippen LogP contribution in [0.3, 0.4) is 0 Å². The fraction of sp³-hybridized carbons (Fsp3) is 0.619. The van der Waals surface area contributed by atoms with Crippen molar-refractivity contribution in [3.63, 3.8) is 0 Å². The van der Waals surface area contributed by atoms with E-state index in [4.69, 9.17) is 61.6 Å². The first kappa shape index (κ1) is 90.8. The van der Waals surface area contributed by atoms with Gasteiger partial charge in [-0.1, -0.05) is 75.7 Å². The van der Waals surface area contributed by atoms with Gasteiger partial charge < -0.3 is 97.8 Å². The van der Waals surface area contributed by atoms with Crippen molar-refractivity contribution in [1.29, 1.82) is 0 Å². The van der Waals surface area contributed by atoms with Crippen molar-refractivity contribution < 1.29 is 110 Å². The summed E-state index contributed by atoms with van der Waals surface area (Å²) in [7, 11) is 2.96. The quantitative estimate of drug-likeness (QED) is 0.0261. The maximum absolute atomic E-state index is 14.3. The number of nitrogens with one attached hydrogen (secondary N) is 4. The van der Waals surface area contributed by atoms with Crippen LogP contribution in [0, 0.1) is 17.8 Å². The summed E-state index contributed by atoms with van der Waals surface area (Å²) in [6.45, 7) is 15.1. The number of aliphatic hydroxyl groups excluding tert-OH is 1. The molecule has 5 N–H and O–H groups in total. The molecule has 5 aliphatic heterocycles. The fourth-order valence-electron chi connectivity index (χ4n) is 14.5. The number of rotatable bonds is 49. The highest BCUT2D eigenvalue weighted by Gasteiger charge is 2.46. The Kier molecular flexibility index (Phi) is 37.5. The second kappa shape index (κ2) is 47.9. The molecule has 0 radical (unpaired) electrons. The van der Waals surface area contributed by atoms with Gasteiger partial charge in [0, 0.05) is 68.8 Å². The molecule has 6 atom stereocenters. The van der Waals surface area contributed by atoms with Crippen LogP contribution in [-0.2, 0) is 78.0 Å². The Morgan fingerprint density at radius 1 is 0.560 bits per heavy atom. The van der Waals surface area contributed by atoms with Crippen molar-refractivity contribution in [2.75, 3.05) is 156 Å². The Morgan fingerprint density at radius 2 is 1.09 bits per heavy atom. The molecule has 1 saturated carbocycles. The van der Waals surface area contributed by atoms with E-state index < -0.39 is 54.1 Å². The van der Waals surface area contributed by atoms with Crippen LogP contribution in [0.2, 0.25) is 0 Å². The van der Waals surface area contributed by atoms with Gasteiger partial charge in [-0.2, -0.15) is 0 Å². The lowest BCUT2D eigenvalue weighted by Crippen LogP contribution is -2.53. The molecule has 0 spiro atoms. The number of aliphatic hydroxyl groups is 1.